The van der Waals surface area contributed by atoms with Gasteiger partial charge in [-0.25, -0.2) is 0 Å². The zero-order valence-electron chi connectivity index (χ0n) is 9.69. The average molecular weight is 221 g/mol. The van der Waals surface area contributed by atoms with Gasteiger partial charge >= 0.3 is 0 Å². The van der Waals surface area contributed by atoms with Crippen molar-refractivity contribution >= 4 is 0 Å². The van der Waals surface area contributed by atoms with Crippen LogP contribution in [0.4, 0.5) is 0 Å². The molecule has 0 aromatic heterocycles. The maximum Gasteiger partial charge on any atom is 0.119 e. The van der Waals surface area contributed by atoms with Crippen LogP contribution in [0, 0.1) is 5.92 Å². The Morgan fingerprint density at radius 1 is 1.25 bits per heavy atom. The molecule has 1 unspecified atom stereocenters. The maximum absolute atomic E-state index is 5.99. The fourth-order valence-corrected chi connectivity index (χ4v) is 1.74. The van der Waals surface area contributed by atoms with Crippen LogP contribution in [0.15, 0.2) is 24.3 Å². The molecule has 3 heteroatoms. The van der Waals surface area contributed by atoms with E-state index in [2.05, 4.69) is 0 Å². The Morgan fingerprint density at radius 3 is 2.44 bits per heavy atom. The summed E-state index contributed by atoms with van der Waals surface area (Å²) in [5.74, 6) is 2.48. The van der Waals surface area contributed by atoms with Gasteiger partial charge in [0.2, 0.25) is 0 Å². The molecule has 88 valence electrons. The van der Waals surface area contributed by atoms with Gasteiger partial charge in [0.15, 0.2) is 0 Å². The average Bonchev–Trinajstić information content (AvgIpc) is 3.14. The van der Waals surface area contributed by atoms with Crippen molar-refractivity contribution in [1.82, 2.24) is 0 Å². The summed E-state index contributed by atoms with van der Waals surface area (Å²) < 4.78 is 10.7. The standard InChI is InChI=1S/C13H19NO2/c1-15-11-4-6-12(7-5-11)16-9-8-13(14)10-2-3-10/h4-7,10,13H,2-3,8-9,14H2,1H3. The highest BCUT2D eigenvalue weighted by molar-refractivity contribution is 5.31. The third kappa shape index (κ3) is 3.14. The van der Waals surface area contributed by atoms with E-state index in [0.717, 1.165) is 23.8 Å². The number of ether oxygens (including phenoxy) is 2. The third-order valence-corrected chi connectivity index (χ3v) is 3.01. The number of rotatable bonds is 6. The first-order valence-electron chi connectivity index (χ1n) is 5.82. The molecule has 16 heavy (non-hydrogen) atoms. The molecular formula is C13H19NO2. The molecule has 1 aromatic carbocycles. The zero-order chi connectivity index (χ0) is 11.4. The number of hydrogen-bond acceptors (Lipinski definition) is 3. The van der Waals surface area contributed by atoms with Crippen LogP contribution in [0.5, 0.6) is 11.5 Å². The molecule has 0 saturated heterocycles. The fourth-order valence-electron chi connectivity index (χ4n) is 1.74. The molecule has 0 heterocycles. The second-order valence-corrected chi connectivity index (χ2v) is 4.31. The Hall–Kier alpha value is -1.22. The van der Waals surface area contributed by atoms with Gasteiger partial charge in [-0.3, -0.25) is 0 Å². The summed E-state index contributed by atoms with van der Waals surface area (Å²) in [6, 6.07) is 7.95. The van der Waals surface area contributed by atoms with Crippen LogP contribution in [0.1, 0.15) is 19.3 Å². The van der Waals surface area contributed by atoms with E-state index < -0.39 is 0 Å². The third-order valence-electron chi connectivity index (χ3n) is 3.01. The molecular weight excluding hydrogens is 202 g/mol. The topological polar surface area (TPSA) is 44.5 Å². The van der Waals surface area contributed by atoms with Crippen LogP contribution in [0.2, 0.25) is 0 Å². The molecule has 0 amide bonds. The van der Waals surface area contributed by atoms with Gasteiger partial charge in [0.25, 0.3) is 0 Å². The summed E-state index contributed by atoms with van der Waals surface area (Å²) in [6.07, 6.45) is 3.53. The normalized spacial score (nSPS) is 16.9. The highest BCUT2D eigenvalue weighted by atomic mass is 16.5. The lowest BCUT2D eigenvalue weighted by Crippen LogP contribution is -2.24. The van der Waals surface area contributed by atoms with Crippen LogP contribution >= 0.6 is 0 Å². The molecule has 0 radical (unpaired) electrons. The van der Waals surface area contributed by atoms with E-state index in [9.17, 15) is 0 Å². The van der Waals surface area contributed by atoms with Crippen molar-refractivity contribution in [2.75, 3.05) is 13.7 Å². The minimum Gasteiger partial charge on any atom is -0.497 e. The largest absolute Gasteiger partial charge is 0.497 e. The molecule has 1 fully saturated rings. The summed E-state index contributed by atoms with van der Waals surface area (Å²) in [5.41, 5.74) is 5.99. The van der Waals surface area contributed by atoms with Crippen molar-refractivity contribution in [3.8, 4) is 11.5 Å². The first-order valence-corrected chi connectivity index (χ1v) is 5.82. The van der Waals surface area contributed by atoms with Gasteiger partial charge in [0.1, 0.15) is 11.5 Å². The van der Waals surface area contributed by atoms with Crippen molar-refractivity contribution in [3.63, 3.8) is 0 Å². The van der Waals surface area contributed by atoms with Gasteiger partial charge in [-0.1, -0.05) is 0 Å². The first kappa shape index (κ1) is 11.3. The fraction of sp³-hybridized carbons (Fsp3) is 0.538. The van der Waals surface area contributed by atoms with Crippen molar-refractivity contribution < 1.29 is 9.47 Å². The summed E-state index contributed by atoms with van der Waals surface area (Å²) in [6.45, 7) is 0.698. The van der Waals surface area contributed by atoms with Gasteiger partial charge in [0.05, 0.1) is 13.7 Å². The predicted octanol–water partition coefficient (Wildman–Crippen LogP) is 2.20. The SMILES string of the molecule is COc1ccc(OCCC(N)C2CC2)cc1. The summed E-state index contributed by atoms with van der Waals surface area (Å²) >= 11 is 0. The lowest BCUT2D eigenvalue weighted by Gasteiger charge is -2.11. The van der Waals surface area contributed by atoms with Crippen LogP contribution in [0.25, 0.3) is 0 Å². The Labute approximate surface area is 96.5 Å². The molecule has 0 bridgehead atoms. The lowest BCUT2D eigenvalue weighted by atomic mass is 10.1. The molecule has 1 aromatic rings. The molecule has 1 aliphatic rings. The Bertz CT molecular complexity index is 319. The van der Waals surface area contributed by atoms with Crippen molar-refractivity contribution in [2.45, 2.75) is 25.3 Å². The highest BCUT2D eigenvalue weighted by Gasteiger charge is 2.27. The van der Waals surface area contributed by atoms with E-state index in [1.807, 2.05) is 24.3 Å². The van der Waals surface area contributed by atoms with E-state index in [0.29, 0.717) is 12.6 Å². The van der Waals surface area contributed by atoms with E-state index >= 15 is 0 Å². The van der Waals surface area contributed by atoms with Gasteiger partial charge in [-0.05, 0) is 49.4 Å². The Balaban J connectivity index is 1.71. The molecule has 1 saturated carbocycles. The molecule has 0 spiro atoms. The lowest BCUT2D eigenvalue weighted by molar-refractivity contribution is 0.291. The van der Waals surface area contributed by atoms with Crippen LogP contribution in [-0.4, -0.2) is 19.8 Å². The second-order valence-electron chi connectivity index (χ2n) is 4.31. The van der Waals surface area contributed by atoms with Gasteiger partial charge in [-0.15, -0.1) is 0 Å². The highest BCUT2D eigenvalue weighted by Crippen LogP contribution is 2.32. The number of hydrogen-bond donors (Lipinski definition) is 1. The van der Waals surface area contributed by atoms with Gasteiger partial charge in [-0.2, -0.15) is 0 Å². The summed E-state index contributed by atoms with van der Waals surface area (Å²) in [7, 11) is 1.66. The molecule has 3 nitrogen and oxygen atoms in total. The van der Waals surface area contributed by atoms with Crippen LogP contribution < -0.4 is 15.2 Å². The molecule has 1 aliphatic carbocycles. The summed E-state index contributed by atoms with van der Waals surface area (Å²) in [5, 5.41) is 0. The molecule has 1 atom stereocenters. The summed E-state index contributed by atoms with van der Waals surface area (Å²) in [4.78, 5) is 0. The number of methoxy groups -OCH3 is 1. The Morgan fingerprint density at radius 2 is 1.88 bits per heavy atom. The van der Waals surface area contributed by atoms with Crippen LogP contribution in [0.3, 0.4) is 0 Å². The number of benzene rings is 1. The van der Waals surface area contributed by atoms with Crippen molar-refractivity contribution in [3.05, 3.63) is 24.3 Å². The molecule has 0 aliphatic heterocycles. The van der Waals surface area contributed by atoms with Crippen molar-refractivity contribution in [1.29, 1.82) is 0 Å². The number of nitrogens with two attached hydrogens (primary N) is 1. The van der Waals surface area contributed by atoms with Gasteiger partial charge < -0.3 is 15.2 Å². The van der Waals surface area contributed by atoms with E-state index in [1.54, 1.807) is 7.11 Å². The van der Waals surface area contributed by atoms with Crippen LogP contribution in [-0.2, 0) is 0 Å². The molecule has 2 N–H and O–H groups in total. The van der Waals surface area contributed by atoms with Crippen molar-refractivity contribution in [2.24, 2.45) is 11.7 Å². The van der Waals surface area contributed by atoms with E-state index in [-0.39, 0.29) is 0 Å². The minimum absolute atomic E-state index is 0.318. The molecule has 2 rings (SSSR count). The van der Waals surface area contributed by atoms with E-state index in [4.69, 9.17) is 15.2 Å². The Kier molecular flexibility index (Phi) is 3.67. The smallest absolute Gasteiger partial charge is 0.119 e. The monoisotopic (exact) mass is 221 g/mol. The quantitative estimate of drug-likeness (QED) is 0.801. The van der Waals surface area contributed by atoms with Gasteiger partial charge in [0, 0.05) is 6.04 Å². The zero-order valence-corrected chi connectivity index (χ0v) is 9.69. The maximum atomic E-state index is 5.99. The van der Waals surface area contributed by atoms with E-state index in [1.165, 1.54) is 12.8 Å². The minimum atomic E-state index is 0.318. The second kappa shape index (κ2) is 5.21. The predicted molar refractivity (Wildman–Crippen MR) is 63.8 cm³/mol. The first-order chi connectivity index (χ1) is 7.79.